The average molecular weight is 170 g/mol. The highest BCUT2D eigenvalue weighted by molar-refractivity contribution is 7.81. The van der Waals surface area contributed by atoms with Gasteiger partial charge in [0.15, 0.2) is 0 Å². The summed E-state index contributed by atoms with van der Waals surface area (Å²) >= 11 is 3.95. The smallest absolute Gasteiger partial charge is 0.130 e. The maximum atomic E-state index is 9.36. The molecule has 0 bridgehead atoms. The molecule has 0 heterocycles. The molecule has 0 saturated carbocycles. The van der Waals surface area contributed by atoms with Crippen LogP contribution in [0.25, 0.3) is 0 Å². The van der Waals surface area contributed by atoms with Crippen LogP contribution < -0.4 is 0 Å². The van der Waals surface area contributed by atoms with Crippen LogP contribution in [0.1, 0.15) is 12.5 Å². The molecule has 0 spiro atoms. The van der Waals surface area contributed by atoms with E-state index in [9.17, 15) is 5.11 Å². The fourth-order valence-corrected chi connectivity index (χ4v) is 0.926. The molecule has 2 N–H and O–H groups in total. The molecule has 0 saturated heterocycles. The Labute approximate surface area is 70.9 Å². The minimum atomic E-state index is -1.13. The molecule has 0 aliphatic carbocycles. The lowest BCUT2D eigenvalue weighted by Crippen LogP contribution is -2.11. The van der Waals surface area contributed by atoms with Crippen LogP contribution >= 0.6 is 12.6 Å². The van der Waals surface area contributed by atoms with Crippen LogP contribution in [0, 0.1) is 0 Å². The van der Waals surface area contributed by atoms with Crippen molar-refractivity contribution in [2.24, 2.45) is 0 Å². The summed E-state index contributed by atoms with van der Waals surface area (Å²) in [5, 5.41) is 18.3. The van der Waals surface area contributed by atoms with Gasteiger partial charge in [-0.2, -0.15) is 0 Å². The first-order valence-electron chi connectivity index (χ1n) is 3.24. The Morgan fingerprint density at radius 1 is 1.27 bits per heavy atom. The molecular weight excluding hydrogens is 160 g/mol. The van der Waals surface area contributed by atoms with Gasteiger partial charge in [-0.25, -0.2) is 0 Å². The molecule has 2 nitrogen and oxygen atoms in total. The third kappa shape index (κ3) is 2.13. The summed E-state index contributed by atoms with van der Waals surface area (Å²) in [5.41, 5.74) is 0.665. The van der Waals surface area contributed by atoms with Crippen molar-refractivity contribution in [2.45, 2.75) is 11.9 Å². The molecule has 60 valence electrons. The standard InChI is InChI=1S/C8H10O2S/c1-8(10,11)6-2-4-7(9)5-3-6/h2-5,9-11H,1H3/t8-/m0/s1. The average Bonchev–Trinajstić information content (AvgIpc) is 1.86. The van der Waals surface area contributed by atoms with Crippen LogP contribution in [0.4, 0.5) is 0 Å². The van der Waals surface area contributed by atoms with Gasteiger partial charge >= 0.3 is 0 Å². The number of benzene rings is 1. The normalized spacial score (nSPS) is 15.9. The van der Waals surface area contributed by atoms with Crippen LogP contribution in [0.5, 0.6) is 5.75 Å². The summed E-state index contributed by atoms with van der Waals surface area (Å²) in [6, 6.07) is 6.28. The first-order valence-corrected chi connectivity index (χ1v) is 3.69. The van der Waals surface area contributed by atoms with E-state index in [4.69, 9.17) is 5.11 Å². The van der Waals surface area contributed by atoms with Gasteiger partial charge in [-0.05, 0) is 24.6 Å². The number of phenols is 1. The fourth-order valence-electron chi connectivity index (χ4n) is 0.777. The zero-order valence-electron chi connectivity index (χ0n) is 6.15. The molecule has 1 aromatic rings. The molecule has 1 aromatic carbocycles. The second kappa shape index (κ2) is 2.75. The van der Waals surface area contributed by atoms with Crippen molar-refractivity contribution in [3.63, 3.8) is 0 Å². The van der Waals surface area contributed by atoms with Crippen LogP contribution in [0.2, 0.25) is 0 Å². The Kier molecular flexibility index (Phi) is 2.11. The van der Waals surface area contributed by atoms with Gasteiger partial charge in [0, 0.05) is 0 Å². The predicted octanol–water partition coefficient (Wildman–Crippen LogP) is 1.49. The number of hydrogen-bond donors (Lipinski definition) is 3. The van der Waals surface area contributed by atoms with E-state index < -0.39 is 4.93 Å². The van der Waals surface area contributed by atoms with Gasteiger partial charge in [-0.15, -0.1) is 12.6 Å². The predicted molar refractivity (Wildman–Crippen MR) is 46.7 cm³/mol. The molecule has 0 amide bonds. The zero-order valence-corrected chi connectivity index (χ0v) is 7.05. The lowest BCUT2D eigenvalue weighted by atomic mass is 10.1. The lowest BCUT2D eigenvalue weighted by Gasteiger charge is -2.15. The second-order valence-corrected chi connectivity index (χ2v) is 3.44. The molecule has 0 aliphatic heterocycles. The molecule has 3 heteroatoms. The molecular formula is C8H10O2S. The number of hydrogen-bond acceptors (Lipinski definition) is 3. The number of aromatic hydroxyl groups is 1. The maximum Gasteiger partial charge on any atom is 0.130 e. The highest BCUT2D eigenvalue weighted by Crippen LogP contribution is 2.25. The van der Waals surface area contributed by atoms with E-state index in [0.29, 0.717) is 5.56 Å². The third-order valence-electron chi connectivity index (χ3n) is 1.41. The highest BCUT2D eigenvalue weighted by atomic mass is 32.1. The minimum absolute atomic E-state index is 0.186. The van der Waals surface area contributed by atoms with E-state index in [1.807, 2.05) is 0 Å². The van der Waals surface area contributed by atoms with E-state index in [1.165, 1.54) is 12.1 Å². The molecule has 0 fully saturated rings. The zero-order chi connectivity index (χ0) is 8.48. The van der Waals surface area contributed by atoms with Crippen LogP contribution in [0.15, 0.2) is 24.3 Å². The van der Waals surface area contributed by atoms with Crippen LogP contribution in [-0.2, 0) is 4.93 Å². The topological polar surface area (TPSA) is 40.5 Å². The molecule has 0 aromatic heterocycles. The molecule has 1 rings (SSSR count). The van der Waals surface area contributed by atoms with Gasteiger partial charge < -0.3 is 10.2 Å². The van der Waals surface area contributed by atoms with Crippen LogP contribution in [-0.4, -0.2) is 10.2 Å². The van der Waals surface area contributed by atoms with Gasteiger partial charge in [0.2, 0.25) is 0 Å². The van der Waals surface area contributed by atoms with Crippen molar-refractivity contribution in [1.82, 2.24) is 0 Å². The Morgan fingerprint density at radius 2 is 1.73 bits per heavy atom. The summed E-state index contributed by atoms with van der Waals surface area (Å²) in [5.74, 6) is 0.186. The number of thiol groups is 1. The SMILES string of the molecule is C[C@](O)(S)c1ccc(O)cc1. The number of phenolic OH excluding ortho intramolecular Hbond substituents is 1. The van der Waals surface area contributed by atoms with E-state index in [0.717, 1.165) is 0 Å². The summed E-state index contributed by atoms with van der Waals surface area (Å²) in [7, 11) is 0. The van der Waals surface area contributed by atoms with E-state index in [1.54, 1.807) is 19.1 Å². The summed E-state index contributed by atoms with van der Waals surface area (Å²) in [6.45, 7) is 1.57. The first-order chi connectivity index (χ1) is 5.00. The minimum Gasteiger partial charge on any atom is -0.508 e. The molecule has 11 heavy (non-hydrogen) atoms. The Balaban J connectivity index is 2.99. The van der Waals surface area contributed by atoms with Gasteiger partial charge in [0.05, 0.1) is 0 Å². The van der Waals surface area contributed by atoms with Gasteiger partial charge in [0.1, 0.15) is 10.7 Å². The summed E-state index contributed by atoms with van der Waals surface area (Å²) < 4.78 is 0. The van der Waals surface area contributed by atoms with Gasteiger partial charge in [-0.3, -0.25) is 0 Å². The van der Waals surface area contributed by atoms with E-state index in [2.05, 4.69) is 12.6 Å². The lowest BCUT2D eigenvalue weighted by molar-refractivity contribution is 0.162. The third-order valence-corrected chi connectivity index (χ3v) is 1.67. The quantitative estimate of drug-likeness (QED) is 0.441. The van der Waals surface area contributed by atoms with Gasteiger partial charge in [-0.1, -0.05) is 12.1 Å². The fraction of sp³-hybridized carbons (Fsp3) is 0.250. The second-order valence-electron chi connectivity index (χ2n) is 2.57. The number of aliphatic hydroxyl groups is 1. The largest absolute Gasteiger partial charge is 0.508 e. The monoisotopic (exact) mass is 170 g/mol. The first kappa shape index (κ1) is 8.43. The van der Waals surface area contributed by atoms with E-state index in [-0.39, 0.29) is 5.75 Å². The molecule has 1 atom stereocenters. The van der Waals surface area contributed by atoms with Gasteiger partial charge in [0.25, 0.3) is 0 Å². The van der Waals surface area contributed by atoms with Crippen molar-refractivity contribution in [3.05, 3.63) is 29.8 Å². The number of rotatable bonds is 1. The molecule has 0 aliphatic rings. The Morgan fingerprint density at radius 3 is 2.09 bits per heavy atom. The van der Waals surface area contributed by atoms with Crippen LogP contribution in [0.3, 0.4) is 0 Å². The van der Waals surface area contributed by atoms with Crippen molar-refractivity contribution in [2.75, 3.05) is 0 Å². The molecule has 0 radical (unpaired) electrons. The highest BCUT2D eigenvalue weighted by Gasteiger charge is 2.15. The Hall–Kier alpha value is -0.670. The van der Waals surface area contributed by atoms with Crippen molar-refractivity contribution in [1.29, 1.82) is 0 Å². The van der Waals surface area contributed by atoms with Crippen molar-refractivity contribution >= 4 is 12.6 Å². The summed E-state index contributed by atoms with van der Waals surface area (Å²) in [6.07, 6.45) is 0. The maximum absolute atomic E-state index is 9.36. The van der Waals surface area contributed by atoms with Crippen molar-refractivity contribution < 1.29 is 10.2 Å². The summed E-state index contributed by atoms with van der Waals surface area (Å²) in [4.78, 5) is -1.13. The Bertz CT molecular complexity index is 235. The molecule has 0 unspecified atom stereocenters. The van der Waals surface area contributed by atoms with Crippen molar-refractivity contribution in [3.8, 4) is 5.75 Å². The van der Waals surface area contributed by atoms with E-state index >= 15 is 0 Å².